The van der Waals surface area contributed by atoms with Crippen LogP contribution in [-0.4, -0.2) is 23.5 Å². The molecule has 0 spiro atoms. The maximum Gasteiger partial charge on any atom is 0.310 e. The lowest BCUT2D eigenvalue weighted by molar-refractivity contribution is -0.785. The van der Waals surface area contributed by atoms with Crippen molar-refractivity contribution in [3.63, 3.8) is 0 Å². The molecule has 0 saturated carbocycles. The van der Waals surface area contributed by atoms with Crippen LogP contribution >= 0.6 is 0 Å². The van der Waals surface area contributed by atoms with Crippen molar-refractivity contribution in [1.29, 1.82) is 0 Å². The molecule has 0 saturated heterocycles. The molecule has 0 heterocycles. The van der Waals surface area contributed by atoms with Crippen molar-refractivity contribution in [3.8, 4) is 0 Å². The minimum Gasteiger partial charge on any atom is -1.00 e. The van der Waals surface area contributed by atoms with Gasteiger partial charge in [-0.25, -0.2) is 0 Å². The van der Waals surface area contributed by atoms with E-state index in [1.807, 2.05) is 20.8 Å². The van der Waals surface area contributed by atoms with Crippen molar-refractivity contribution in [3.05, 3.63) is 0 Å². The Labute approximate surface area is 172 Å². The summed E-state index contributed by atoms with van der Waals surface area (Å²) in [6, 6.07) is 0. The smallest absolute Gasteiger partial charge is 0.310 e. The van der Waals surface area contributed by atoms with E-state index >= 15 is 0 Å². The van der Waals surface area contributed by atoms with Crippen LogP contribution in [0.25, 0.3) is 0 Å². The van der Waals surface area contributed by atoms with Gasteiger partial charge in [0.15, 0.2) is 6.23 Å². The number of hydrogen-bond acceptors (Lipinski definition) is 3. The van der Waals surface area contributed by atoms with E-state index in [1.165, 1.54) is 57.8 Å². The molecule has 0 aliphatic carbocycles. The van der Waals surface area contributed by atoms with Crippen molar-refractivity contribution in [2.24, 2.45) is 5.92 Å². The molecule has 26 heavy (non-hydrogen) atoms. The van der Waals surface area contributed by atoms with Crippen LogP contribution in [0.15, 0.2) is 0 Å². The van der Waals surface area contributed by atoms with Crippen molar-refractivity contribution >= 4 is 5.97 Å². The fraction of sp³-hybridized carbons (Fsp3) is 0.952. The number of aliphatic hydroxyl groups excluding tert-OH is 1. The Balaban J connectivity index is 0. The topological polar surface area (TPSA) is 63.1 Å². The van der Waals surface area contributed by atoms with Crippen LogP contribution in [0.5, 0.6) is 0 Å². The molecule has 0 radical (unpaired) electrons. The van der Waals surface area contributed by atoms with Crippen molar-refractivity contribution in [2.45, 2.75) is 124 Å². The molecule has 2 unspecified atom stereocenters. The molecule has 0 bridgehead atoms. The molecule has 3 N–H and O–H groups in total. The van der Waals surface area contributed by atoms with Gasteiger partial charge in [-0.15, -0.1) is 0 Å². The first-order valence-corrected chi connectivity index (χ1v) is 10.7. The number of halogens is 1. The quantitative estimate of drug-likeness (QED) is 0.206. The first-order valence-electron chi connectivity index (χ1n) is 10.7. The van der Waals surface area contributed by atoms with Crippen molar-refractivity contribution in [1.82, 2.24) is 0 Å². The molecule has 0 aromatic heterocycles. The first-order chi connectivity index (χ1) is 12.0. The highest BCUT2D eigenvalue weighted by Gasteiger charge is 2.21. The van der Waals surface area contributed by atoms with Gasteiger partial charge in [0.05, 0.1) is 0 Å². The van der Waals surface area contributed by atoms with Crippen molar-refractivity contribution in [2.75, 3.05) is 0 Å². The number of hydrogen-bond donors (Lipinski definition) is 2. The predicted octanol–water partition coefficient (Wildman–Crippen LogP) is 1.51. The summed E-state index contributed by atoms with van der Waals surface area (Å²) in [5.74, 6) is 0.0226. The second-order valence-electron chi connectivity index (χ2n) is 7.65. The normalized spacial score (nSPS) is 13.3. The highest BCUT2D eigenvalue weighted by atomic mass is 79.9. The van der Waals surface area contributed by atoms with Gasteiger partial charge in [-0.1, -0.05) is 91.9 Å². The van der Waals surface area contributed by atoms with Gasteiger partial charge in [-0.05, 0) is 6.42 Å². The van der Waals surface area contributed by atoms with Crippen LogP contribution in [0.2, 0.25) is 0 Å². The number of carbonyl (C=O) groups excluding carboxylic acids is 1. The first kappa shape index (κ1) is 28.1. The molecule has 0 aromatic rings. The van der Waals surface area contributed by atoms with Gasteiger partial charge in [-0.3, -0.25) is 10.1 Å². The Morgan fingerprint density at radius 1 is 0.885 bits per heavy atom. The fourth-order valence-corrected chi connectivity index (χ4v) is 2.86. The molecular weight excluding hydrogens is 394 g/mol. The summed E-state index contributed by atoms with van der Waals surface area (Å²) in [5, 5.41) is 11.6. The van der Waals surface area contributed by atoms with E-state index in [4.69, 9.17) is 4.74 Å². The maximum absolute atomic E-state index is 11.9. The molecule has 0 amide bonds. The Morgan fingerprint density at radius 2 is 1.35 bits per heavy atom. The molecule has 4 nitrogen and oxygen atoms in total. The standard InChI is InChI=1S/C21H43NO3.BrH/c1-5-7-8-9-10-11-12-13-14-15-16-17-20(23)25-19(6-2)22-21(24)18(3)4;/h18-19,21-22,24H,5-17H2,1-4H3;1H. The van der Waals surface area contributed by atoms with Gasteiger partial charge in [0.2, 0.25) is 6.23 Å². The van der Waals surface area contributed by atoms with Gasteiger partial charge in [0.1, 0.15) is 0 Å². The van der Waals surface area contributed by atoms with E-state index in [-0.39, 0.29) is 35.1 Å². The number of unbranched alkanes of at least 4 members (excludes halogenated alkanes) is 10. The van der Waals surface area contributed by atoms with Crippen LogP contribution in [-0.2, 0) is 9.53 Å². The van der Waals surface area contributed by atoms with Crippen LogP contribution in [0, 0.1) is 5.92 Å². The zero-order valence-corrected chi connectivity index (χ0v) is 19.2. The average molecular weight is 438 g/mol. The summed E-state index contributed by atoms with van der Waals surface area (Å²) in [7, 11) is 0. The molecule has 0 rings (SSSR count). The van der Waals surface area contributed by atoms with Gasteiger partial charge in [0.25, 0.3) is 0 Å². The van der Waals surface area contributed by atoms with Crippen LogP contribution in [0.4, 0.5) is 0 Å². The fourth-order valence-electron chi connectivity index (χ4n) is 2.86. The third kappa shape index (κ3) is 17.3. The maximum atomic E-state index is 11.9. The summed E-state index contributed by atoms with van der Waals surface area (Å²) < 4.78 is 5.46. The van der Waals surface area contributed by atoms with E-state index < -0.39 is 6.23 Å². The number of aliphatic hydroxyl groups is 1. The van der Waals surface area contributed by atoms with Gasteiger partial charge >= 0.3 is 5.97 Å². The summed E-state index contributed by atoms with van der Waals surface area (Å²) in [4.78, 5) is 11.9. The number of nitrogens with two attached hydrogens (primary N) is 1. The zero-order chi connectivity index (χ0) is 18.9. The van der Waals surface area contributed by atoms with Crippen molar-refractivity contribution < 1.29 is 36.9 Å². The Hall–Kier alpha value is -0.130. The molecule has 0 aliphatic heterocycles. The minimum absolute atomic E-state index is 0. The molecule has 5 heteroatoms. The Kier molecular flexibility index (Phi) is 21.2. The number of quaternary nitrogens is 1. The number of ether oxygens (including phenoxy) is 1. The van der Waals surface area contributed by atoms with E-state index in [1.54, 1.807) is 5.32 Å². The lowest BCUT2D eigenvalue weighted by Crippen LogP contribution is -3.00. The van der Waals surface area contributed by atoms with E-state index in [9.17, 15) is 9.90 Å². The second-order valence-corrected chi connectivity index (χ2v) is 7.65. The second kappa shape index (κ2) is 19.6. The lowest BCUT2D eigenvalue weighted by Gasteiger charge is -2.20. The summed E-state index contributed by atoms with van der Waals surface area (Å²) in [6.07, 6.45) is 14.5. The predicted molar refractivity (Wildman–Crippen MR) is 104 cm³/mol. The third-order valence-corrected chi connectivity index (χ3v) is 4.76. The molecule has 0 aromatic carbocycles. The molecule has 0 fully saturated rings. The minimum atomic E-state index is -0.514. The molecule has 0 aliphatic rings. The molecule has 2 atom stereocenters. The third-order valence-electron chi connectivity index (χ3n) is 4.76. The van der Waals surface area contributed by atoms with Crippen LogP contribution in [0.1, 0.15) is 111 Å². The van der Waals surface area contributed by atoms with Crippen LogP contribution in [0.3, 0.4) is 0 Å². The summed E-state index contributed by atoms with van der Waals surface area (Å²) in [5.41, 5.74) is 0. The van der Waals surface area contributed by atoms with Crippen LogP contribution < -0.4 is 22.3 Å². The summed E-state index contributed by atoms with van der Waals surface area (Å²) >= 11 is 0. The van der Waals surface area contributed by atoms with Gasteiger partial charge in [0, 0.05) is 18.8 Å². The van der Waals surface area contributed by atoms with Gasteiger partial charge < -0.3 is 26.8 Å². The average Bonchev–Trinajstić information content (AvgIpc) is 2.58. The molecular formula is C21H44BrNO3. The number of carbonyl (C=O) groups is 1. The highest BCUT2D eigenvalue weighted by Crippen LogP contribution is 2.12. The van der Waals surface area contributed by atoms with E-state index in [0.717, 1.165) is 12.8 Å². The molecule has 158 valence electrons. The SMILES string of the molecule is CCCCCCCCCCCCCC(=O)OC(CC)[NH2+]C(O)C(C)C.[Br-]. The Morgan fingerprint density at radius 3 is 1.77 bits per heavy atom. The Bertz CT molecular complexity index is 314. The monoisotopic (exact) mass is 437 g/mol. The highest BCUT2D eigenvalue weighted by molar-refractivity contribution is 5.69. The lowest BCUT2D eigenvalue weighted by atomic mass is 10.1. The van der Waals surface area contributed by atoms with E-state index in [2.05, 4.69) is 6.92 Å². The van der Waals surface area contributed by atoms with Gasteiger partial charge in [-0.2, -0.15) is 0 Å². The largest absolute Gasteiger partial charge is 1.00 e. The summed E-state index contributed by atoms with van der Waals surface area (Å²) in [6.45, 7) is 8.15. The number of rotatable bonds is 17. The number of esters is 1. The van der Waals surface area contributed by atoms with E-state index in [0.29, 0.717) is 12.8 Å². The zero-order valence-electron chi connectivity index (χ0n) is 17.6.